The van der Waals surface area contributed by atoms with E-state index < -0.39 is 10.0 Å². The van der Waals surface area contributed by atoms with Gasteiger partial charge in [-0.3, -0.25) is 9.40 Å². The highest BCUT2D eigenvalue weighted by Crippen LogP contribution is 2.58. The normalized spacial score (nSPS) is 30.8. The Balaban J connectivity index is 1.33. The SMILES string of the molecule is CC(C)Cc1ccc(S(=O)(=O)Nc2ccn(C34CC5CC(CC(C5)C3)C4)n2)cc1. The van der Waals surface area contributed by atoms with Crippen molar-refractivity contribution in [2.75, 3.05) is 4.72 Å². The van der Waals surface area contributed by atoms with Crippen molar-refractivity contribution in [2.24, 2.45) is 23.7 Å². The van der Waals surface area contributed by atoms with E-state index in [9.17, 15) is 8.42 Å². The zero-order chi connectivity index (χ0) is 20.2. The molecule has 0 atom stereocenters. The van der Waals surface area contributed by atoms with Crippen LogP contribution < -0.4 is 4.72 Å². The fourth-order valence-corrected chi connectivity index (χ4v) is 7.46. The number of hydrogen-bond donors (Lipinski definition) is 1. The van der Waals surface area contributed by atoms with Crippen molar-refractivity contribution in [1.29, 1.82) is 0 Å². The molecule has 156 valence electrons. The Labute approximate surface area is 173 Å². The molecule has 0 unspecified atom stereocenters. The number of nitrogens with one attached hydrogen (secondary N) is 1. The Morgan fingerprint density at radius 1 is 1.03 bits per heavy atom. The van der Waals surface area contributed by atoms with Gasteiger partial charge in [0.1, 0.15) is 0 Å². The summed E-state index contributed by atoms with van der Waals surface area (Å²) in [4.78, 5) is 0.286. The molecule has 1 heterocycles. The van der Waals surface area contributed by atoms with E-state index >= 15 is 0 Å². The maximum absolute atomic E-state index is 12.8. The first-order chi connectivity index (χ1) is 13.8. The first-order valence-electron chi connectivity index (χ1n) is 11.0. The molecule has 0 amide bonds. The summed E-state index contributed by atoms with van der Waals surface area (Å²) in [6.07, 6.45) is 10.7. The first kappa shape index (κ1) is 19.2. The van der Waals surface area contributed by atoms with Crippen LogP contribution in [0.1, 0.15) is 57.9 Å². The van der Waals surface area contributed by atoms with Crippen molar-refractivity contribution in [2.45, 2.75) is 69.2 Å². The van der Waals surface area contributed by atoms with Crippen LogP contribution in [0.4, 0.5) is 5.82 Å². The van der Waals surface area contributed by atoms with Gasteiger partial charge in [0.05, 0.1) is 10.4 Å². The number of hydrogen-bond acceptors (Lipinski definition) is 3. The van der Waals surface area contributed by atoms with Crippen LogP contribution in [0.25, 0.3) is 0 Å². The molecule has 0 saturated heterocycles. The fraction of sp³-hybridized carbons (Fsp3) is 0.609. The summed E-state index contributed by atoms with van der Waals surface area (Å²) in [7, 11) is -3.63. The Morgan fingerprint density at radius 3 is 2.17 bits per heavy atom. The smallest absolute Gasteiger partial charge is 0.263 e. The third-order valence-electron chi connectivity index (χ3n) is 7.20. The lowest BCUT2D eigenvalue weighted by Crippen LogP contribution is -2.52. The van der Waals surface area contributed by atoms with Crippen molar-refractivity contribution < 1.29 is 8.42 Å². The summed E-state index contributed by atoms with van der Waals surface area (Å²) in [5, 5.41) is 4.69. The molecule has 4 fully saturated rings. The van der Waals surface area contributed by atoms with Crippen LogP contribution in [-0.4, -0.2) is 18.2 Å². The molecular weight excluding hydrogens is 382 g/mol. The van der Waals surface area contributed by atoms with Gasteiger partial charge >= 0.3 is 0 Å². The highest BCUT2D eigenvalue weighted by Gasteiger charge is 2.52. The number of nitrogens with zero attached hydrogens (tertiary/aromatic N) is 2. The van der Waals surface area contributed by atoms with Gasteiger partial charge in [-0.2, -0.15) is 5.10 Å². The number of anilines is 1. The van der Waals surface area contributed by atoms with Crippen molar-refractivity contribution in [1.82, 2.24) is 9.78 Å². The monoisotopic (exact) mass is 413 g/mol. The predicted octanol–water partition coefficient (Wildman–Crippen LogP) is 4.81. The molecule has 2 aromatic rings. The number of benzene rings is 1. The van der Waals surface area contributed by atoms with Crippen LogP contribution in [0, 0.1) is 23.7 Å². The van der Waals surface area contributed by atoms with E-state index in [0.29, 0.717) is 11.7 Å². The molecular formula is C23H31N3O2S. The molecule has 0 radical (unpaired) electrons. The molecule has 1 N–H and O–H groups in total. The highest BCUT2D eigenvalue weighted by atomic mass is 32.2. The molecule has 4 bridgehead atoms. The van der Waals surface area contributed by atoms with Gasteiger partial charge in [-0.05, 0) is 86.3 Å². The summed E-state index contributed by atoms with van der Waals surface area (Å²) < 4.78 is 30.4. The molecule has 4 aliphatic rings. The van der Waals surface area contributed by atoms with Crippen LogP contribution in [0.5, 0.6) is 0 Å². The van der Waals surface area contributed by atoms with E-state index in [1.165, 1.54) is 38.5 Å². The minimum absolute atomic E-state index is 0.108. The zero-order valence-electron chi connectivity index (χ0n) is 17.3. The van der Waals surface area contributed by atoms with Gasteiger partial charge in [0.15, 0.2) is 5.82 Å². The minimum atomic E-state index is -3.63. The van der Waals surface area contributed by atoms with Crippen LogP contribution in [0.15, 0.2) is 41.4 Å². The summed E-state index contributed by atoms with van der Waals surface area (Å²) >= 11 is 0. The van der Waals surface area contributed by atoms with Gasteiger partial charge in [-0.25, -0.2) is 8.42 Å². The molecule has 6 rings (SSSR count). The quantitative estimate of drug-likeness (QED) is 0.739. The van der Waals surface area contributed by atoms with E-state index in [1.54, 1.807) is 12.1 Å². The van der Waals surface area contributed by atoms with Crippen molar-refractivity contribution >= 4 is 15.8 Å². The average molecular weight is 414 g/mol. The molecule has 0 spiro atoms. The second-order valence-corrected chi connectivity index (χ2v) is 11.8. The van der Waals surface area contributed by atoms with Crippen LogP contribution in [0.2, 0.25) is 0 Å². The second kappa shape index (κ2) is 6.86. The van der Waals surface area contributed by atoms with E-state index in [2.05, 4.69) is 23.3 Å². The summed E-state index contributed by atoms with van der Waals surface area (Å²) in [5.74, 6) is 3.45. The second-order valence-electron chi connectivity index (χ2n) is 10.1. The lowest BCUT2D eigenvalue weighted by molar-refractivity contribution is -0.0492. The molecule has 0 aliphatic heterocycles. The zero-order valence-corrected chi connectivity index (χ0v) is 18.2. The van der Waals surface area contributed by atoms with Crippen LogP contribution >= 0.6 is 0 Å². The van der Waals surface area contributed by atoms with Gasteiger partial charge in [0.2, 0.25) is 0 Å². The molecule has 4 aliphatic carbocycles. The van der Waals surface area contributed by atoms with Gasteiger partial charge in [-0.1, -0.05) is 26.0 Å². The van der Waals surface area contributed by atoms with Crippen molar-refractivity contribution in [3.63, 3.8) is 0 Å². The molecule has 1 aromatic carbocycles. The standard InChI is InChI=1S/C23H31N3O2S/c1-16(2)9-17-3-5-21(6-4-17)29(27,28)25-22-7-8-26(24-22)23-13-18-10-19(14-23)12-20(11-18)15-23/h3-8,16,18-20H,9-15H2,1-2H3,(H,24,25). The van der Waals surface area contributed by atoms with Gasteiger partial charge in [-0.15, -0.1) is 0 Å². The van der Waals surface area contributed by atoms with E-state index in [1.807, 2.05) is 24.4 Å². The molecule has 5 nitrogen and oxygen atoms in total. The van der Waals surface area contributed by atoms with Gasteiger partial charge in [0, 0.05) is 12.3 Å². The Hall–Kier alpha value is -1.82. The van der Waals surface area contributed by atoms with Crippen LogP contribution in [0.3, 0.4) is 0 Å². The Kier molecular flexibility index (Phi) is 4.53. The highest BCUT2D eigenvalue weighted by molar-refractivity contribution is 7.92. The number of rotatable bonds is 6. The molecule has 4 saturated carbocycles. The summed E-state index contributed by atoms with van der Waals surface area (Å²) in [6, 6.07) is 9.00. The molecule has 1 aromatic heterocycles. The predicted molar refractivity (Wildman–Crippen MR) is 114 cm³/mol. The summed E-state index contributed by atoms with van der Waals surface area (Å²) in [6.45, 7) is 4.32. The van der Waals surface area contributed by atoms with Crippen molar-refractivity contribution in [3.05, 3.63) is 42.1 Å². The van der Waals surface area contributed by atoms with Crippen LogP contribution in [-0.2, 0) is 22.0 Å². The Bertz CT molecular complexity index is 956. The topological polar surface area (TPSA) is 64.0 Å². The maximum Gasteiger partial charge on any atom is 0.263 e. The number of sulfonamides is 1. The van der Waals surface area contributed by atoms with Gasteiger partial charge in [0.25, 0.3) is 10.0 Å². The summed E-state index contributed by atoms with van der Waals surface area (Å²) in [5.41, 5.74) is 1.27. The van der Waals surface area contributed by atoms with Gasteiger partial charge < -0.3 is 0 Å². The molecule has 6 heteroatoms. The lowest BCUT2D eigenvalue weighted by atomic mass is 9.53. The van der Waals surface area contributed by atoms with E-state index in [-0.39, 0.29) is 10.4 Å². The third-order valence-corrected chi connectivity index (χ3v) is 8.57. The van der Waals surface area contributed by atoms with Crippen molar-refractivity contribution in [3.8, 4) is 0 Å². The largest absolute Gasteiger partial charge is 0.264 e. The first-order valence-corrected chi connectivity index (χ1v) is 12.5. The van der Waals surface area contributed by atoms with E-state index in [0.717, 1.165) is 29.7 Å². The maximum atomic E-state index is 12.8. The molecule has 29 heavy (non-hydrogen) atoms. The average Bonchev–Trinajstić information content (AvgIpc) is 3.09. The fourth-order valence-electron chi connectivity index (χ4n) is 6.46. The third kappa shape index (κ3) is 3.60. The lowest BCUT2D eigenvalue weighted by Gasteiger charge is -2.56. The minimum Gasteiger partial charge on any atom is -0.264 e. The number of aromatic nitrogens is 2. The van der Waals surface area contributed by atoms with E-state index in [4.69, 9.17) is 5.10 Å². The Morgan fingerprint density at radius 2 is 1.62 bits per heavy atom.